The predicted molar refractivity (Wildman–Crippen MR) is 96.7 cm³/mol. The third-order valence-electron chi connectivity index (χ3n) is 3.50. The summed E-state index contributed by atoms with van der Waals surface area (Å²) < 4.78 is 0.883. The summed E-state index contributed by atoms with van der Waals surface area (Å²) in [5.74, 6) is -1.22. The lowest BCUT2D eigenvalue weighted by molar-refractivity contribution is -0.134. The van der Waals surface area contributed by atoms with Crippen molar-refractivity contribution in [3.8, 4) is 0 Å². The van der Waals surface area contributed by atoms with Crippen molar-refractivity contribution in [3.63, 3.8) is 0 Å². The van der Waals surface area contributed by atoms with Gasteiger partial charge in [0.25, 0.3) is 0 Å². The molecule has 0 spiro atoms. The number of likely N-dealkylation sites (N-methyl/N-ethyl adjacent to an activating group) is 1. The van der Waals surface area contributed by atoms with Gasteiger partial charge in [-0.2, -0.15) is 0 Å². The largest absolute Gasteiger partial charge is 0.318 e. The molecule has 0 saturated heterocycles. The van der Waals surface area contributed by atoms with E-state index in [4.69, 9.17) is 0 Å². The fraction of sp³-hybridized carbons (Fsp3) is 0.222. The molecule has 4 nitrogen and oxygen atoms in total. The van der Waals surface area contributed by atoms with Crippen LogP contribution in [-0.4, -0.2) is 18.4 Å². The fourth-order valence-corrected chi connectivity index (χ4v) is 2.60. The zero-order valence-electron chi connectivity index (χ0n) is 13.4. The van der Waals surface area contributed by atoms with Gasteiger partial charge in [0.1, 0.15) is 0 Å². The number of halogens is 1. The van der Waals surface area contributed by atoms with E-state index in [1.54, 1.807) is 12.1 Å². The molecule has 0 atom stereocenters. The van der Waals surface area contributed by atoms with E-state index in [1.165, 1.54) is 4.90 Å². The van der Waals surface area contributed by atoms with Gasteiger partial charge < -0.3 is 10.2 Å². The molecule has 2 amide bonds. The standard InChI is InChI=1S/C18H19BrN2O2/c1-4-21(15-7-5-6-12(2)10-15)18(23)17(22)20-14-9-8-13(3)16(19)11-14/h5-11H,4H2,1-3H3,(H,20,22). The highest BCUT2D eigenvalue weighted by molar-refractivity contribution is 9.10. The molecule has 0 radical (unpaired) electrons. The Morgan fingerprint density at radius 2 is 1.87 bits per heavy atom. The summed E-state index contributed by atoms with van der Waals surface area (Å²) in [5.41, 5.74) is 3.40. The lowest BCUT2D eigenvalue weighted by atomic mass is 10.2. The van der Waals surface area contributed by atoms with Crippen molar-refractivity contribution in [1.82, 2.24) is 0 Å². The van der Waals surface area contributed by atoms with Crippen molar-refractivity contribution in [2.45, 2.75) is 20.8 Å². The highest BCUT2D eigenvalue weighted by atomic mass is 79.9. The fourth-order valence-electron chi connectivity index (χ4n) is 2.22. The second-order valence-electron chi connectivity index (χ2n) is 5.31. The Kier molecular flexibility index (Phi) is 5.55. The van der Waals surface area contributed by atoms with E-state index in [9.17, 15) is 9.59 Å². The van der Waals surface area contributed by atoms with Crippen LogP contribution in [0.3, 0.4) is 0 Å². The molecular weight excluding hydrogens is 356 g/mol. The van der Waals surface area contributed by atoms with Crippen LogP contribution in [-0.2, 0) is 9.59 Å². The van der Waals surface area contributed by atoms with E-state index >= 15 is 0 Å². The van der Waals surface area contributed by atoms with Crippen LogP contribution in [0, 0.1) is 13.8 Å². The maximum Gasteiger partial charge on any atom is 0.316 e. The minimum atomic E-state index is -0.649. The van der Waals surface area contributed by atoms with Crippen LogP contribution in [0.1, 0.15) is 18.1 Å². The van der Waals surface area contributed by atoms with Gasteiger partial charge in [0, 0.05) is 22.4 Å². The summed E-state index contributed by atoms with van der Waals surface area (Å²) in [6.07, 6.45) is 0. The molecule has 2 aromatic carbocycles. The number of nitrogens with one attached hydrogen (secondary N) is 1. The quantitative estimate of drug-likeness (QED) is 0.823. The van der Waals surface area contributed by atoms with Crippen LogP contribution >= 0.6 is 15.9 Å². The number of hydrogen-bond acceptors (Lipinski definition) is 2. The lowest BCUT2D eigenvalue weighted by Gasteiger charge is -2.21. The van der Waals surface area contributed by atoms with E-state index in [0.717, 1.165) is 21.3 Å². The molecule has 2 rings (SSSR count). The Hall–Kier alpha value is -2.14. The van der Waals surface area contributed by atoms with E-state index in [0.29, 0.717) is 12.2 Å². The number of benzene rings is 2. The minimum absolute atomic E-state index is 0.424. The number of hydrogen-bond donors (Lipinski definition) is 1. The first-order valence-corrected chi connectivity index (χ1v) is 8.17. The summed E-state index contributed by atoms with van der Waals surface area (Å²) in [6.45, 7) is 6.17. The molecule has 5 heteroatoms. The number of amides is 2. The van der Waals surface area contributed by atoms with Gasteiger partial charge in [-0.05, 0) is 56.2 Å². The van der Waals surface area contributed by atoms with Crippen molar-refractivity contribution < 1.29 is 9.59 Å². The number of nitrogens with zero attached hydrogens (tertiary/aromatic N) is 1. The average Bonchev–Trinajstić information content (AvgIpc) is 2.51. The Bertz CT molecular complexity index is 744. The summed E-state index contributed by atoms with van der Waals surface area (Å²) in [7, 11) is 0. The molecule has 0 saturated carbocycles. The van der Waals surface area contributed by atoms with Crippen molar-refractivity contribution >= 4 is 39.1 Å². The second-order valence-corrected chi connectivity index (χ2v) is 6.16. The molecule has 0 aliphatic rings. The molecule has 0 fully saturated rings. The summed E-state index contributed by atoms with van der Waals surface area (Å²) in [6, 6.07) is 13.0. The molecule has 0 aromatic heterocycles. The predicted octanol–water partition coefficient (Wildman–Crippen LogP) is 4.06. The van der Waals surface area contributed by atoms with Crippen LogP contribution in [0.25, 0.3) is 0 Å². The van der Waals surface area contributed by atoms with Crippen molar-refractivity contribution in [2.75, 3.05) is 16.8 Å². The van der Waals surface area contributed by atoms with Crippen molar-refractivity contribution in [2.24, 2.45) is 0 Å². The smallest absolute Gasteiger partial charge is 0.316 e. The van der Waals surface area contributed by atoms with Gasteiger partial charge in [-0.1, -0.05) is 34.1 Å². The first-order chi connectivity index (χ1) is 10.9. The number of anilines is 2. The SMILES string of the molecule is CCN(C(=O)C(=O)Nc1ccc(C)c(Br)c1)c1cccc(C)c1. The molecule has 120 valence electrons. The molecule has 0 unspecified atom stereocenters. The molecule has 0 heterocycles. The maximum atomic E-state index is 12.4. The topological polar surface area (TPSA) is 49.4 Å². The van der Waals surface area contributed by atoms with Gasteiger partial charge >= 0.3 is 11.8 Å². The highest BCUT2D eigenvalue weighted by Gasteiger charge is 2.22. The zero-order chi connectivity index (χ0) is 17.0. The van der Waals surface area contributed by atoms with Crippen LogP contribution < -0.4 is 10.2 Å². The minimum Gasteiger partial charge on any atom is -0.318 e. The van der Waals surface area contributed by atoms with E-state index in [-0.39, 0.29) is 0 Å². The molecule has 0 bridgehead atoms. The van der Waals surface area contributed by atoms with Crippen molar-refractivity contribution in [3.05, 3.63) is 58.1 Å². The Labute approximate surface area is 144 Å². The Balaban J connectivity index is 2.17. The summed E-state index contributed by atoms with van der Waals surface area (Å²) in [5, 5.41) is 2.65. The normalized spacial score (nSPS) is 10.3. The molecule has 1 N–H and O–H groups in total. The van der Waals surface area contributed by atoms with E-state index in [1.807, 2.05) is 51.1 Å². The highest BCUT2D eigenvalue weighted by Crippen LogP contribution is 2.21. The van der Waals surface area contributed by atoms with Crippen LogP contribution in [0.15, 0.2) is 46.9 Å². The Morgan fingerprint density at radius 3 is 2.48 bits per heavy atom. The molecule has 0 aliphatic carbocycles. The molecular formula is C18H19BrN2O2. The second kappa shape index (κ2) is 7.42. The third kappa shape index (κ3) is 4.20. The number of carbonyl (C=O) groups excluding carboxylic acids is 2. The van der Waals surface area contributed by atoms with Crippen LogP contribution in [0.5, 0.6) is 0 Å². The number of aryl methyl sites for hydroxylation is 2. The van der Waals surface area contributed by atoms with Gasteiger partial charge in [0.2, 0.25) is 0 Å². The molecule has 0 aliphatic heterocycles. The number of carbonyl (C=O) groups is 2. The van der Waals surface area contributed by atoms with Gasteiger partial charge in [-0.15, -0.1) is 0 Å². The Morgan fingerprint density at radius 1 is 1.13 bits per heavy atom. The molecule has 23 heavy (non-hydrogen) atoms. The first kappa shape index (κ1) is 17.2. The van der Waals surface area contributed by atoms with Gasteiger partial charge in [-0.25, -0.2) is 0 Å². The average molecular weight is 375 g/mol. The van der Waals surface area contributed by atoms with Crippen molar-refractivity contribution in [1.29, 1.82) is 0 Å². The summed E-state index contributed by atoms with van der Waals surface area (Å²) >= 11 is 3.41. The number of rotatable bonds is 3. The first-order valence-electron chi connectivity index (χ1n) is 7.38. The van der Waals surface area contributed by atoms with Gasteiger partial charge in [0.15, 0.2) is 0 Å². The maximum absolute atomic E-state index is 12.4. The van der Waals surface area contributed by atoms with Gasteiger partial charge in [0.05, 0.1) is 0 Å². The van der Waals surface area contributed by atoms with E-state index < -0.39 is 11.8 Å². The lowest BCUT2D eigenvalue weighted by Crippen LogP contribution is -2.39. The van der Waals surface area contributed by atoms with Gasteiger partial charge in [-0.3, -0.25) is 9.59 Å². The van der Waals surface area contributed by atoms with Crippen LogP contribution in [0.4, 0.5) is 11.4 Å². The van der Waals surface area contributed by atoms with Crippen LogP contribution in [0.2, 0.25) is 0 Å². The monoisotopic (exact) mass is 374 g/mol. The molecule has 2 aromatic rings. The summed E-state index contributed by atoms with van der Waals surface area (Å²) in [4.78, 5) is 26.2. The third-order valence-corrected chi connectivity index (χ3v) is 4.35. The van der Waals surface area contributed by atoms with E-state index in [2.05, 4.69) is 21.2 Å². The zero-order valence-corrected chi connectivity index (χ0v) is 15.0.